The lowest BCUT2D eigenvalue weighted by molar-refractivity contribution is 0.0921. The molecule has 2 heterocycles. The van der Waals surface area contributed by atoms with E-state index in [4.69, 9.17) is 4.74 Å². The van der Waals surface area contributed by atoms with Gasteiger partial charge in [0.2, 0.25) is 5.78 Å². The van der Waals surface area contributed by atoms with Crippen LogP contribution in [0.15, 0.2) is 42.6 Å². The van der Waals surface area contributed by atoms with Gasteiger partial charge in [-0.2, -0.15) is 0 Å². The highest BCUT2D eigenvalue weighted by molar-refractivity contribution is 5.99. The number of aryl methyl sites for hydroxylation is 1. The molecule has 0 aliphatic heterocycles. The number of carbonyl (C=O) groups excluding carboxylic acids is 1. The number of hydrogen-bond acceptors (Lipinski definition) is 3. The van der Waals surface area contributed by atoms with Crippen LogP contribution in [0.5, 0.6) is 5.75 Å². The number of nitrogens with zero attached hydrogens (tertiary/aromatic N) is 2. The molecule has 134 valence electrons. The largest absolute Gasteiger partial charge is 0.483 e. The Hall–Kier alpha value is -2.62. The van der Waals surface area contributed by atoms with Crippen molar-refractivity contribution in [3.05, 3.63) is 59.5 Å². The Morgan fingerprint density at radius 1 is 1.19 bits per heavy atom. The third-order valence-corrected chi connectivity index (χ3v) is 5.43. The van der Waals surface area contributed by atoms with Crippen molar-refractivity contribution in [2.45, 2.75) is 45.6 Å². The van der Waals surface area contributed by atoms with Gasteiger partial charge in [-0.15, -0.1) is 0 Å². The van der Waals surface area contributed by atoms with E-state index in [9.17, 15) is 4.79 Å². The van der Waals surface area contributed by atoms with Gasteiger partial charge in [0.1, 0.15) is 11.3 Å². The number of fused-ring (bicyclic) bond motifs is 1. The van der Waals surface area contributed by atoms with Crippen LogP contribution in [-0.4, -0.2) is 21.9 Å². The highest BCUT2D eigenvalue weighted by Gasteiger charge is 2.23. The van der Waals surface area contributed by atoms with Gasteiger partial charge in [-0.25, -0.2) is 0 Å². The third kappa shape index (κ3) is 3.00. The Labute approximate surface area is 153 Å². The first kappa shape index (κ1) is 16.8. The molecule has 0 spiro atoms. The maximum Gasteiger partial charge on any atom is 0.202 e. The van der Waals surface area contributed by atoms with Crippen molar-refractivity contribution in [3.8, 4) is 5.75 Å². The molecule has 4 rings (SSSR count). The van der Waals surface area contributed by atoms with E-state index >= 15 is 0 Å². The van der Waals surface area contributed by atoms with E-state index in [2.05, 4.69) is 23.4 Å². The fourth-order valence-corrected chi connectivity index (χ4v) is 4.20. The van der Waals surface area contributed by atoms with Crippen LogP contribution in [0.3, 0.4) is 0 Å². The monoisotopic (exact) mass is 348 g/mol. The van der Waals surface area contributed by atoms with Crippen LogP contribution >= 0.6 is 0 Å². The minimum atomic E-state index is 0.0234. The van der Waals surface area contributed by atoms with Crippen LogP contribution in [0.25, 0.3) is 10.9 Å². The first-order valence-corrected chi connectivity index (χ1v) is 9.33. The Morgan fingerprint density at radius 2 is 1.96 bits per heavy atom. The Kier molecular flexibility index (Phi) is 4.49. The standard InChI is InChI=1S/C22H24N2O2/c1-15-13-19(16(2)24(15)18-9-3-4-10-18)20(25)14-26-21-11-5-7-17-8-6-12-23-22(17)21/h5-8,11-13,18H,3-4,9-10,14H2,1-2H3. The molecule has 0 N–H and O–H groups in total. The predicted octanol–water partition coefficient (Wildman–Crippen LogP) is 5.03. The van der Waals surface area contributed by atoms with E-state index in [1.54, 1.807) is 6.20 Å². The number of pyridine rings is 1. The quantitative estimate of drug-likeness (QED) is 0.607. The van der Waals surface area contributed by atoms with Crippen LogP contribution in [0.2, 0.25) is 0 Å². The van der Waals surface area contributed by atoms with Gasteiger partial charge in [0.05, 0.1) is 0 Å². The van der Waals surface area contributed by atoms with Crippen LogP contribution in [-0.2, 0) is 0 Å². The van der Waals surface area contributed by atoms with Crippen molar-refractivity contribution in [3.63, 3.8) is 0 Å². The molecule has 0 atom stereocenters. The lowest BCUT2D eigenvalue weighted by Gasteiger charge is -2.17. The van der Waals surface area contributed by atoms with Crippen molar-refractivity contribution in [2.24, 2.45) is 0 Å². The summed E-state index contributed by atoms with van der Waals surface area (Å²) in [5.41, 5.74) is 3.81. The van der Waals surface area contributed by atoms with Crippen molar-refractivity contribution >= 4 is 16.7 Å². The summed E-state index contributed by atoms with van der Waals surface area (Å²) < 4.78 is 8.19. The molecule has 0 amide bonds. The van der Waals surface area contributed by atoms with E-state index in [1.807, 2.05) is 36.4 Å². The maximum absolute atomic E-state index is 12.8. The van der Waals surface area contributed by atoms with Crippen molar-refractivity contribution in [1.82, 2.24) is 9.55 Å². The Morgan fingerprint density at radius 3 is 2.77 bits per heavy atom. The molecule has 4 heteroatoms. The summed E-state index contributed by atoms with van der Waals surface area (Å²) in [5, 5.41) is 1.01. The zero-order valence-corrected chi connectivity index (χ0v) is 15.4. The number of ketones is 1. The molecule has 0 saturated heterocycles. The van der Waals surface area contributed by atoms with Gasteiger partial charge in [-0.05, 0) is 44.9 Å². The topological polar surface area (TPSA) is 44.1 Å². The zero-order valence-electron chi connectivity index (χ0n) is 15.4. The van der Waals surface area contributed by atoms with E-state index < -0.39 is 0 Å². The predicted molar refractivity (Wildman–Crippen MR) is 103 cm³/mol. The van der Waals surface area contributed by atoms with E-state index in [0.717, 1.165) is 22.2 Å². The summed E-state index contributed by atoms with van der Waals surface area (Å²) in [6.07, 6.45) is 6.72. The van der Waals surface area contributed by atoms with Crippen LogP contribution in [0.1, 0.15) is 53.5 Å². The summed E-state index contributed by atoms with van der Waals surface area (Å²) in [6, 6.07) is 12.2. The summed E-state index contributed by atoms with van der Waals surface area (Å²) >= 11 is 0. The average Bonchev–Trinajstić information content (AvgIpc) is 3.27. The molecule has 0 unspecified atom stereocenters. The highest BCUT2D eigenvalue weighted by atomic mass is 16.5. The van der Waals surface area contributed by atoms with Crippen LogP contribution in [0.4, 0.5) is 0 Å². The number of ether oxygens (including phenoxy) is 1. The van der Waals surface area contributed by atoms with Crippen molar-refractivity contribution < 1.29 is 9.53 Å². The highest BCUT2D eigenvalue weighted by Crippen LogP contribution is 2.33. The Bertz CT molecular complexity index is 947. The lowest BCUT2D eigenvalue weighted by Crippen LogP contribution is -2.14. The normalized spacial score (nSPS) is 14.8. The second-order valence-corrected chi connectivity index (χ2v) is 7.14. The minimum absolute atomic E-state index is 0.0234. The molecular weight excluding hydrogens is 324 g/mol. The smallest absolute Gasteiger partial charge is 0.202 e. The first-order valence-electron chi connectivity index (χ1n) is 9.33. The lowest BCUT2D eigenvalue weighted by atomic mass is 10.1. The number of aromatic nitrogens is 2. The molecular formula is C22H24N2O2. The summed E-state index contributed by atoms with van der Waals surface area (Å²) in [7, 11) is 0. The third-order valence-electron chi connectivity index (χ3n) is 5.43. The molecule has 4 nitrogen and oxygen atoms in total. The van der Waals surface area contributed by atoms with Gasteiger partial charge < -0.3 is 9.30 Å². The van der Waals surface area contributed by atoms with E-state index in [-0.39, 0.29) is 12.4 Å². The van der Waals surface area contributed by atoms with E-state index in [0.29, 0.717) is 11.8 Å². The molecule has 1 aliphatic carbocycles. The molecule has 1 aromatic carbocycles. The molecule has 26 heavy (non-hydrogen) atoms. The number of Topliss-reactive ketones (excluding diaryl/α,β-unsaturated/α-hetero) is 1. The summed E-state index contributed by atoms with van der Waals surface area (Å²) in [4.78, 5) is 17.2. The molecule has 1 aliphatic rings. The second-order valence-electron chi connectivity index (χ2n) is 7.14. The zero-order chi connectivity index (χ0) is 18.1. The van der Waals surface area contributed by atoms with Gasteiger partial charge >= 0.3 is 0 Å². The van der Waals surface area contributed by atoms with Crippen molar-refractivity contribution in [2.75, 3.05) is 6.61 Å². The SMILES string of the molecule is Cc1cc(C(=O)COc2cccc3cccnc23)c(C)n1C1CCCC1. The second kappa shape index (κ2) is 6.94. The molecule has 0 bridgehead atoms. The molecule has 3 aromatic rings. The van der Waals surface area contributed by atoms with Gasteiger partial charge in [-0.3, -0.25) is 9.78 Å². The molecule has 2 aromatic heterocycles. The van der Waals surface area contributed by atoms with Crippen LogP contribution < -0.4 is 4.74 Å². The van der Waals surface area contributed by atoms with Crippen LogP contribution in [0, 0.1) is 13.8 Å². The number of carbonyl (C=O) groups is 1. The molecule has 1 fully saturated rings. The van der Waals surface area contributed by atoms with Gasteiger partial charge in [0.25, 0.3) is 0 Å². The number of rotatable bonds is 5. The van der Waals surface area contributed by atoms with Gasteiger partial charge in [0.15, 0.2) is 6.61 Å². The summed E-state index contributed by atoms with van der Waals surface area (Å²) in [6.45, 7) is 4.18. The van der Waals surface area contributed by atoms with Gasteiger partial charge in [0, 0.05) is 34.6 Å². The number of benzene rings is 1. The minimum Gasteiger partial charge on any atom is -0.483 e. The summed E-state index contributed by atoms with van der Waals surface area (Å²) in [5.74, 6) is 0.677. The first-order chi connectivity index (χ1) is 12.6. The number of para-hydroxylation sites is 1. The average molecular weight is 348 g/mol. The fourth-order valence-electron chi connectivity index (χ4n) is 4.20. The fraction of sp³-hybridized carbons (Fsp3) is 0.364. The molecule has 0 radical (unpaired) electrons. The number of hydrogen-bond donors (Lipinski definition) is 0. The van der Waals surface area contributed by atoms with Crippen molar-refractivity contribution in [1.29, 1.82) is 0 Å². The Balaban J connectivity index is 1.54. The van der Waals surface area contributed by atoms with Gasteiger partial charge in [-0.1, -0.05) is 31.0 Å². The maximum atomic E-state index is 12.8. The molecule has 1 saturated carbocycles. The van der Waals surface area contributed by atoms with E-state index in [1.165, 1.54) is 31.4 Å².